The molecule has 1 aliphatic heterocycles. The molecule has 1 saturated heterocycles. The van der Waals surface area contributed by atoms with Gasteiger partial charge in [0, 0.05) is 43.2 Å². The summed E-state index contributed by atoms with van der Waals surface area (Å²) in [5.74, 6) is -0.281. The molecule has 252 valence electrons. The van der Waals surface area contributed by atoms with Gasteiger partial charge in [-0.15, -0.1) is 4.99 Å². The maximum Gasteiger partial charge on any atom is 0.437 e. The number of nitrogens with zero attached hydrogens (tertiary/aromatic N) is 3. The number of carbonyl (C=O) groups excluding carboxylic acids is 3. The van der Waals surface area contributed by atoms with Crippen molar-refractivity contribution in [3.05, 3.63) is 41.4 Å². The number of amides is 3. The van der Waals surface area contributed by atoms with Crippen molar-refractivity contribution in [3.63, 3.8) is 0 Å². The summed E-state index contributed by atoms with van der Waals surface area (Å²) in [7, 11) is -3.72. The van der Waals surface area contributed by atoms with Crippen LogP contribution in [0.25, 0.3) is 10.8 Å². The number of piperazine rings is 1. The molecule has 0 radical (unpaired) electrons. The number of sulfonamides is 1. The van der Waals surface area contributed by atoms with E-state index >= 15 is 0 Å². The number of nitrogens with one attached hydrogen (secondary N) is 2. The predicted molar refractivity (Wildman–Crippen MR) is 176 cm³/mol. The largest absolute Gasteiger partial charge is 0.444 e. The fourth-order valence-electron chi connectivity index (χ4n) is 5.46. The molecule has 0 aromatic heterocycles. The number of aliphatic imine (C=N–C) groups is 1. The van der Waals surface area contributed by atoms with Crippen molar-refractivity contribution in [1.29, 1.82) is 0 Å². The lowest BCUT2D eigenvalue weighted by atomic mass is 9.85. The van der Waals surface area contributed by atoms with Gasteiger partial charge in [0.2, 0.25) is 21.9 Å². The van der Waals surface area contributed by atoms with Crippen molar-refractivity contribution in [1.82, 2.24) is 19.8 Å². The second-order valence-corrected chi connectivity index (χ2v) is 16.0. The SMILES string of the molecule is CC(C)(C)OC(=O)N=C(NC(=O)OC(C)(C)C)N[C@H]1CC[C@H](C(=O)N2CCN(S(=O)(=O)c3ccc4cc(Cl)ccc4c3)CC2)CC1. The van der Waals surface area contributed by atoms with Crippen LogP contribution in [0.3, 0.4) is 0 Å². The van der Waals surface area contributed by atoms with Crippen LogP contribution in [0.5, 0.6) is 0 Å². The Morgan fingerprint density at radius 3 is 2.04 bits per heavy atom. The molecule has 1 saturated carbocycles. The van der Waals surface area contributed by atoms with E-state index in [4.69, 9.17) is 21.1 Å². The summed E-state index contributed by atoms with van der Waals surface area (Å²) >= 11 is 6.06. The first kappa shape index (κ1) is 35.4. The molecule has 2 aliphatic rings. The first-order valence-corrected chi connectivity index (χ1v) is 17.3. The fraction of sp³-hybridized carbons (Fsp3) is 0.562. The summed E-state index contributed by atoms with van der Waals surface area (Å²) in [4.78, 5) is 44.1. The van der Waals surface area contributed by atoms with E-state index in [0.29, 0.717) is 43.8 Å². The Balaban J connectivity index is 1.31. The summed E-state index contributed by atoms with van der Waals surface area (Å²) in [5, 5.41) is 7.85. The molecule has 2 fully saturated rings. The van der Waals surface area contributed by atoms with Gasteiger partial charge in [0.1, 0.15) is 11.2 Å². The lowest BCUT2D eigenvalue weighted by molar-refractivity contribution is -0.137. The number of carbonyl (C=O) groups is 3. The monoisotopic (exact) mass is 677 g/mol. The summed E-state index contributed by atoms with van der Waals surface area (Å²) < 4.78 is 38.8. The molecule has 12 nitrogen and oxygen atoms in total. The molecule has 2 aromatic carbocycles. The highest BCUT2D eigenvalue weighted by molar-refractivity contribution is 7.89. The van der Waals surface area contributed by atoms with E-state index in [1.54, 1.807) is 82.8 Å². The third-order valence-corrected chi connectivity index (χ3v) is 9.72. The van der Waals surface area contributed by atoms with E-state index in [9.17, 15) is 22.8 Å². The number of guanidine groups is 1. The predicted octanol–water partition coefficient (Wildman–Crippen LogP) is 5.29. The van der Waals surface area contributed by atoms with E-state index in [1.165, 1.54) is 4.31 Å². The van der Waals surface area contributed by atoms with Crippen molar-refractivity contribution in [3.8, 4) is 0 Å². The highest BCUT2D eigenvalue weighted by Gasteiger charge is 2.35. The summed E-state index contributed by atoms with van der Waals surface area (Å²) in [5.41, 5.74) is -1.52. The Morgan fingerprint density at radius 2 is 1.43 bits per heavy atom. The number of rotatable bonds is 4. The molecular weight excluding hydrogens is 634 g/mol. The van der Waals surface area contributed by atoms with Gasteiger partial charge in [0.25, 0.3) is 0 Å². The molecular formula is C32H44ClN5O7S. The highest BCUT2D eigenvalue weighted by Crippen LogP contribution is 2.28. The van der Waals surface area contributed by atoms with Crippen LogP contribution in [-0.2, 0) is 24.3 Å². The van der Waals surface area contributed by atoms with Crippen molar-refractivity contribution in [2.24, 2.45) is 10.9 Å². The second-order valence-electron chi connectivity index (χ2n) is 13.6. The molecule has 46 heavy (non-hydrogen) atoms. The van der Waals surface area contributed by atoms with Crippen molar-refractivity contribution in [2.75, 3.05) is 26.2 Å². The molecule has 2 N–H and O–H groups in total. The average Bonchev–Trinajstić information content (AvgIpc) is 2.95. The van der Waals surface area contributed by atoms with Crippen LogP contribution in [0.4, 0.5) is 9.59 Å². The van der Waals surface area contributed by atoms with Crippen LogP contribution >= 0.6 is 11.6 Å². The van der Waals surface area contributed by atoms with Gasteiger partial charge in [0.05, 0.1) is 4.90 Å². The maximum atomic E-state index is 13.4. The lowest BCUT2D eigenvalue weighted by Gasteiger charge is -2.37. The molecule has 4 rings (SSSR count). The minimum Gasteiger partial charge on any atom is -0.444 e. The maximum absolute atomic E-state index is 13.4. The molecule has 0 spiro atoms. The van der Waals surface area contributed by atoms with E-state index in [1.807, 2.05) is 0 Å². The number of ether oxygens (including phenoxy) is 2. The number of alkyl carbamates (subject to hydrolysis) is 1. The zero-order valence-electron chi connectivity index (χ0n) is 27.3. The number of hydrogen-bond acceptors (Lipinski definition) is 7. The van der Waals surface area contributed by atoms with Gasteiger partial charge in [0.15, 0.2) is 0 Å². The van der Waals surface area contributed by atoms with Gasteiger partial charge >= 0.3 is 12.2 Å². The van der Waals surface area contributed by atoms with E-state index in [2.05, 4.69) is 15.6 Å². The Kier molecular flexibility index (Phi) is 10.9. The third kappa shape index (κ3) is 9.79. The van der Waals surface area contributed by atoms with Gasteiger partial charge in [-0.05, 0) is 102 Å². The van der Waals surface area contributed by atoms with Crippen molar-refractivity contribution in [2.45, 2.75) is 89.4 Å². The zero-order chi connectivity index (χ0) is 33.9. The normalized spacial score (nSPS) is 20.2. The Bertz CT molecular complexity index is 1580. The minimum absolute atomic E-state index is 0.00704. The minimum atomic E-state index is -3.72. The first-order valence-electron chi connectivity index (χ1n) is 15.5. The third-order valence-electron chi connectivity index (χ3n) is 7.60. The number of fused-ring (bicyclic) bond motifs is 1. The molecule has 14 heteroatoms. The number of halogens is 1. The average molecular weight is 678 g/mol. The van der Waals surface area contributed by atoms with Crippen LogP contribution in [-0.4, -0.2) is 85.1 Å². The number of hydrogen-bond donors (Lipinski definition) is 2. The van der Waals surface area contributed by atoms with E-state index < -0.39 is 33.4 Å². The molecule has 0 bridgehead atoms. The van der Waals surface area contributed by atoms with Crippen molar-refractivity contribution < 1.29 is 32.3 Å². The standard InChI is InChI=1S/C32H44ClN5O7S/c1-31(2,3)44-29(40)35-28(36-30(41)45-32(4,5)6)34-25-12-8-21(9-13-25)27(39)37-15-17-38(18-16-37)46(42,43)26-14-10-22-19-24(33)11-7-23(22)20-26/h7,10-11,14,19-21,25H,8-9,12-13,15-18H2,1-6H3,(H2,34,35,36,40,41)/t21-,25-. The topological polar surface area (TPSA) is 147 Å². The Hall–Kier alpha value is -3.42. The van der Waals surface area contributed by atoms with E-state index in [-0.39, 0.29) is 41.8 Å². The van der Waals surface area contributed by atoms with Gasteiger partial charge in [-0.2, -0.15) is 4.31 Å². The van der Waals surface area contributed by atoms with Crippen LogP contribution < -0.4 is 10.6 Å². The molecule has 0 atom stereocenters. The van der Waals surface area contributed by atoms with Crippen LogP contribution in [0.1, 0.15) is 67.2 Å². The number of benzene rings is 2. The lowest BCUT2D eigenvalue weighted by Crippen LogP contribution is -2.53. The molecule has 1 aliphatic carbocycles. The molecule has 2 aromatic rings. The molecule has 1 heterocycles. The van der Waals surface area contributed by atoms with Gasteiger partial charge in [-0.25, -0.2) is 18.0 Å². The summed E-state index contributed by atoms with van der Waals surface area (Å²) in [6.45, 7) is 11.4. The molecule has 0 unspecified atom stereocenters. The Morgan fingerprint density at radius 1 is 0.848 bits per heavy atom. The smallest absolute Gasteiger partial charge is 0.437 e. The van der Waals surface area contributed by atoms with Crippen LogP contribution in [0.2, 0.25) is 5.02 Å². The first-order chi connectivity index (χ1) is 21.4. The van der Waals surface area contributed by atoms with Crippen LogP contribution in [0.15, 0.2) is 46.3 Å². The van der Waals surface area contributed by atoms with Crippen LogP contribution in [0, 0.1) is 5.92 Å². The summed E-state index contributed by atoms with van der Waals surface area (Å²) in [6, 6.07) is 10.1. The quantitative estimate of drug-likeness (QED) is 0.328. The van der Waals surface area contributed by atoms with Gasteiger partial charge < -0.3 is 19.7 Å². The molecule has 3 amide bonds. The second kappa shape index (κ2) is 14.1. The zero-order valence-corrected chi connectivity index (χ0v) is 28.8. The van der Waals surface area contributed by atoms with Crippen molar-refractivity contribution >= 4 is 56.4 Å². The fourth-order valence-corrected chi connectivity index (χ4v) is 7.10. The Labute approximate surface area is 275 Å². The van der Waals surface area contributed by atoms with E-state index in [0.717, 1.165) is 10.8 Å². The highest BCUT2D eigenvalue weighted by atomic mass is 35.5. The summed E-state index contributed by atoms with van der Waals surface area (Å²) in [6.07, 6.45) is 0.743. The van der Waals surface area contributed by atoms with Gasteiger partial charge in [-0.1, -0.05) is 23.7 Å². The van der Waals surface area contributed by atoms with Gasteiger partial charge in [-0.3, -0.25) is 10.1 Å².